The van der Waals surface area contributed by atoms with E-state index in [1.54, 1.807) is 4.68 Å². The molecule has 0 bridgehead atoms. The molecule has 1 aliphatic heterocycles. The molecular formula is C22H25ClN4O3. The predicted octanol–water partition coefficient (Wildman–Crippen LogP) is 3.80. The number of benzene rings is 1. The Labute approximate surface area is 180 Å². The van der Waals surface area contributed by atoms with Crippen LogP contribution in [0.15, 0.2) is 18.2 Å². The summed E-state index contributed by atoms with van der Waals surface area (Å²) in [5.74, 6) is 1.31. The number of aryl methyl sites for hydroxylation is 2. The van der Waals surface area contributed by atoms with E-state index in [4.69, 9.17) is 26.1 Å². The summed E-state index contributed by atoms with van der Waals surface area (Å²) < 4.78 is 12.9. The van der Waals surface area contributed by atoms with Crippen molar-refractivity contribution in [2.24, 2.45) is 7.05 Å². The standard InChI is InChI=1S/C22H25ClN4O3/c1-12(2)17-11-15(19-13(3)26-27(4)21(19)25-17)22(28)24-6-5-14-9-16(23)20-18(10-14)29-7-8-30-20/h9-12H,5-8H2,1-4H3,(H,24,28). The first-order valence-electron chi connectivity index (χ1n) is 10.1. The molecule has 0 aliphatic carbocycles. The highest BCUT2D eigenvalue weighted by atomic mass is 35.5. The molecular weight excluding hydrogens is 404 g/mol. The van der Waals surface area contributed by atoms with Gasteiger partial charge in [0.05, 0.1) is 21.7 Å². The third-order valence-corrected chi connectivity index (χ3v) is 5.46. The Morgan fingerprint density at radius 2 is 2.03 bits per heavy atom. The molecule has 4 rings (SSSR count). The Morgan fingerprint density at radius 1 is 1.27 bits per heavy atom. The van der Waals surface area contributed by atoms with Gasteiger partial charge in [0.1, 0.15) is 13.2 Å². The van der Waals surface area contributed by atoms with Crippen LogP contribution in [0.4, 0.5) is 0 Å². The minimum atomic E-state index is -0.135. The highest BCUT2D eigenvalue weighted by Gasteiger charge is 2.20. The normalized spacial score (nSPS) is 13.1. The van der Waals surface area contributed by atoms with Gasteiger partial charge in [-0.05, 0) is 43.0 Å². The highest BCUT2D eigenvalue weighted by Crippen LogP contribution is 2.38. The number of aromatic nitrogens is 3. The molecule has 3 aromatic rings. The topological polar surface area (TPSA) is 78.3 Å². The molecule has 0 radical (unpaired) electrons. The number of pyridine rings is 1. The monoisotopic (exact) mass is 428 g/mol. The summed E-state index contributed by atoms with van der Waals surface area (Å²) in [5.41, 5.74) is 3.97. The van der Waals surface area contributed by atoms with Gasteiger partial charge in [-0.25, -0.2) is 4.98 Å². The lowest BCUT2D eigenvalue weighted by Crippen LogP contribution is -2.26. The number of amides is 1. The van der Waals surface area contributed by atoms with Gasteiger partial charge in [0.25, 0.3) is 5.91 Å². The number of fused-ring (bicyclic) bond motifs is 2. The number of halogens is 1. The van der Waals surface area contributed by atoms with Gasteiger partial charge in [-0.15, -0.1) is 0 Å². The molecule has 30 heavy (non-hydrogen) atoms. The van der Waals surface area contributed by atoms with Crippen molar-refractivity contribution in [3.8, 4) is 11.5 Å². The fraction of sp³-hybridized carbons (Fsp3) is 0.409. The van der Waals surface area contributed by atoms with E-state index in [-0.39, 0.29) is 11.8 Å². The lowest BCUT2D eigenvalue weighted by molar-refractivity contribution is 0.0955. The molecule has 0 saturated carbocycles. The Kier molecular flexibility index (Phi) is 5.56. The van der Waals surface area contributed by atoms with E-state index in [1.165, 1.54) is 0 Å². The van der Waals surface area contributed by atoms with Crippen molar-refractivity contribution in [3.05, 3.63) is 45.7 Å². The van der Waals surface area contributed by atoms with Crippen molar-refractivity contribution < 1.29 is 14.3 Å². The zero-order chi connectivity index (χ0) is 21.4. The molecule has 158 valence electrons. The van der Waals surface area contributed by atoms with Gasteiger partial charge in [0, 0.05) is 19.3 Å². The number of rotatable bonds is 5. The second-order valence-corrected chi connectivity index (χ2v) is 8.17. The molecule has 1 aliphatic rings. The lowest BCUT2D eigenvalue weighted by Gasteiger charge is -2.20. The Bertz CT molecular complexity index is 1120. The summed E-state index contributed by atoms with van der Waals surface area (Å²) in [5, 5.41) is 8.79. The van der Waals surface area contributed by atoms with E-state index in [2.05, 4.69) is 24.3 Å². The van der Waals surface area contributed by atoms with Crippen molar-refractivity contribution in [1.82, 2.24) is 20.1 Å². The molecule has 1 aromatic carbocycles. The number of carbonyl (C=O) groups excluding carboxylic acids is 1. The van der Waals surface area contributed by atoms with Crippen LogP contribution in [-0.4, -0.2) is 40.4 Å². The fourth-order valence-corrected chi connectivity index (χ4v) is 3.95. The number of hydrogen-bond acceptors (Lipinski definition) is 5. The van der Waals surface area contributed by atoms with Gasteiger partial charge in [-0.2, -0.15) is 5.10 Å². The van der Waals surface area contributed by atoms with E-state index in [1.807, 2.05) is 32.2 Å². The molecule has 0 atom stereocenters. The van der Waals surface area contributed by atoms with Crippen LogP contribution in [0.1, 0.15) is 47.1 Å². The van der Waals surface area contributed by atoms with Crippen LogP contribution in [0.2, 0.25) is 5.02 Å². The Morgan fingerprint density at radius 3 is 2.80 bits per heavy atom. The largest absolute Gasteiger partial charge is 0.486 e. The summed E-state index contributed by atoms with van der Waals surface area (Å²) in [6, 6.07) is 5.64. The van der Waals surface area contributed by atoms with Gasteiger partial charge < -0.3 is 14.8 Å². The third kappa shape index (κ3) is 3.81. The first-order valence-corrected chi connectivity index (χ1v) is 10.4. The van der Waals surface area contributed by atoms with Crippen molar-refractivity contribution in [3.63, 3.8) is 0 Å². The Balaban J connectivity index is 1.53. The van der Waals surface area contributed by atoms with Crippen molar-refractivity contribution in [1.29, 1.82) is 0 Å². The van der Waals surface area contributed by atoms with Gasteiger partial charge in [0.2, 0.25) is 0 Å². The van der Waals surface area contributed by atoms with Crippen LogP contribution in [0.3, 0.4) is 0 Å². The summed E-state index contributed by atoms with van der Waals surface area (Å²) in [6.45, 7) is 7.48. The third-order valence-electron chi connectivity index (χ3n) is 5.18. The first-order chi connectivity index (χ1) is 14.3. The minimum Gasteiger partial charge on any atom is -0.486 e. The number of nitrogens with one attached hydrogen (secondary N) is 1. The summed E-state index contributed by atoms with van der Waals surface area (Å²) in [6.07, 6.45) is 0.624. The van der Waals surface area contributed by atoms with Crippen molar-refractivity contribution >= 4 is 28.5 Å². The predicted molar refractivity (Wildman–Crippen MR) is 116 cm³/mol. The second kappa shape index (κ2) is 8.14. The fourth-order valence-electron chi connectivity index (χ4n) is 3.66. The maximum atomic E-state index is 13.0. The molecule has 0 unspecified atom stereocenters. The van der Waals surface area contributed by atoms with E-state index in [0.717, 1.165) is 28.0 Å². The molecule has 2 aromatic heterocycles. The SMILES string of the molecule is Cc1nn(C)c2nc(C(C)C)cc(C(=O)NCCc3cc(Cl)c4c(c3)OCCO4)c12. The van der Waals surface area contributed by atoms with Gasteiger partial charge in [-0.1, -0.05) is 25.4 Å². The maximum Gasteiger partial charge on any atom is 0.252 e. The van der Waals surface area contributed by atoms with Crippen molar-refractivity contribution in [2.75, 3.05) is 19.8 Å². The summed E-state index contributed by atoms with van der Waals surface area (Å²) in [4.78, 5) is 17.7. The van der Waals surface area contributed by atoms with Crippen LogP contribution in [0.25, 0.3) is 11.0 Å². The number of hydrogen-bond donors (Lipinski definition) is 1. The lowest BCUT2D eigenvalue weighted by atomic mass is 10.0. The molecule has 8 heteroatoms. The molecule has 1 amide bonds. The van der Waals surface area contributed by atoms with Crippen molar-refractivity contribution in [2.45, 2.75) is 33.1 Å². The first kappa shape index (κ1) is 20.5. The Hall–Kier alpha value is -2.80. The van der Waals surface area contributed by atoms with E-state index in [9.17, 15) is 4.79 Å². The zero-order valence-electron chi connectivity index (χ0n) is 17.6. The molecule has 0 saturated heterocycles. The average Bonchev–Trinajstić information content (AvgIpc) is 3.01. The minimum absolute atomic E-state index is 0.135. The smallest absolute Gasteiger partial charge is 0.252 e. The number of nitrogens with zero attached hydrogens (tertiary/aromatic N) is 3. The van der Waals surface area contributed by atoms with E-state index in [0.29, 0.717) is 48.3 Å². The average molecular weight is 429 g/mol. The van der Waals surface area contributed by atoms with Crippen LogP contribution < -0.4 is 14.8 Å². The van der Waals surface area contributed by atoms with Crippen LogP contribution in [-0.2, 0) is 13.5 Å². The molecule has 1 N–H and O–H groups in total. The maximum absolute atomic E-state index is 13.0. The van der Waals surface area contributed by atoms with E-state index >= 15 is 0 Å². The molecule has 0 spiro atoms. The second-order valence-electron chi connectivity index (χ2n) is 7.76. The van der Waals surface area contributed by atoms with Crippen LogP contribution in [0.5, 0.6) is 11.5 Å². The van der Waals surface area contributed by atoms with Gasteiger partial charge in [0.15, 0.2) is 17.1 Å². The number of carbonyl (C=O) groups is 1. The number of ether oxygens (including phenoxy) is 2. The molecule has 0 fully saturated rings. The quantitative estimate of drug-likeness (QED) is 0.668. The van der Waals surface area contributed by atoms with Crippen LogP contribution in [0, 0.1) is 6.92 Å². The summed E-state index contributed by atoms with van der Waals surface area (Å²) >= 11 is 6.31. The zero-order valence-corrected chi connectivity index (χ0v) is 18.3. The summed E-state index contributed by atoms with van der Waals surface area (Å²) in [7, 11) is 1.85. The molecule has 7 nitrogen and oxygen atoms in total. The van der Waals surface area contributed by atoms with E-state index < -0.39 is 0 Å². The van der Waals surface area contributed by atoms with Crippen LogP contribution >= 0.6 is 11.6 Å². The highest BCUT2D eigenvalue weighted by molar-refractivity contribution is 6.32. The van der Waals surface area contributed by atoms with Gasteiger partial charge >= 0.3 is 0 Å². The molecule has 3 heterocycles. The van der Waals surface area contributed by atoms with Gasteiger partial charge in [-0.3, -0.25) is 9.48 Å².